The van der Waals surface area contributed by atoms with Crippen LogP contribution in [0.3, 0.4) is 0 Å². The van der Waals surface area contributed by atoms with Gasteiger partial charge in [0.15, 0.2) is 0 Å². The lowest BCUT2D eigenvalue weighted by Gasteiger charge is -2.28. The molecule has 2 aromatic rings. The second-order valence-corrected chi connectivity index (χ2v) is 7.30. The standard InChI is InChI=1S/C19H20ClNOS/c1-2-17(14-6-4-3-5-7-14)18(22)21-12-13-23-19(21)15-8-10-16(20)11-9-15/h3-11,17,19H,2,12-13H2,1H3. The zero-order chi connectivity index (χ0) is 16.2. The van der Waals surface area contributed by atoms with E-state index in [2.05, 4.69) is 6.92 Å². The molecule has 0 aliphatic carbocycles. The molecule has 1 aliphatic rings. The first-order valence-corrected chi connectivity index (χ1v) is 9.36. The van der Waals surface area contributed by atoms with Gasteiger partial charge in [0.1, 0.15) is 5.37 Å². The van der Waals surface area contributed by atoms with Crippen LogP contribution < -0.4 is 0 Å². The van der Waals surface area contributed by atoms with Gasteiger partial charge in [0.2, 0.25) is 5.91 Å². The van der Waals surface area contributed by atoms with E-state index in [1.54, 1.807) is 0 Å². The van der Waals surface area contributed by atoms with Gasteiger partial charge in [-0.15, -0.1) is 11.8 Å². The van der Waals surface area contributed by atoms with Crippen LogP contribution >= 0.6 is 23.4 Å². The maximum Gasteiger partial charge on any atom is 0.231 e. The maximum atomic E-state index is 13.1. The van der Waals surface area contributed by atoms with Crippen molar-refractivity contribution in [3.8, 4) is 0 Å². The fourth-order valence-electron chi connectivity index (χ4n) is 3.04. The molecule has 0 radical (unpaired) electrons. The second kappa shape index (κ2) is 7.41. The summed E-state index contributed by atoms with van der Waals surface area (Å²) < 4.78 is 0. The maximum absolute atomic E-state index is 13.1. The molecule has 1 heterocycles. The SMILES string of the molecule is CCC(C(=O)N1CCSC1c1ccc(Cl)cc1)c1ccccc1. The van der Waals surface area contributed by atoms with Crippen LogP contribution in [0.25, 0.3) is 0 Å². The van der Waals surface area contributed by atoms with Crippen LogP contribution in [0.2, 0.25) is 5.02 Å². The van der Waals surface area contributed by atoms with Gasteiger partial charge in [-0.05, 0) is 29.7 Å². The molecule has 1 aliphatic heterocycles. The number of amides is 1. The van der Waals surface area contributed by atoms with Crippen LogP contribution in [0.15, 0.2) is 54.6 Å². The Balaban J connectivity index is 1.84. The van der Waals surface area contributed by atoms with E-state index in [0.717, 1.165) is 34.9 Å². The Morgan fingerprint density at radius 1 is 1.22 bits per heavy atom. The quantitative estimate of drug-likeness (QED) is 0.767. The molecule has 0 bridgehead atoms. The minimum atomic E-state index is -0.0651. The van der Waals surface area contributed by atoms with Gasteiger partial charge in [-0.3, -0.25) is 4.79 Å². The van der Waals surface area contributed by atoms with Crippen molar-refractivity contribution in [2.24, 2.45) is 0 Å². The van der Waals surface area contributed by atoms with Crippen molar-refractivity contribution in [2.75, 3.05) is 12.3 Å². The summed E-state index contributed by atoms with van der Waals surface area (Å²) in [5, 5.41) is 0.822. The van der Waals surface area contributed by atoms with Gasteiger partial charge in [0.05, 0.1) is 5.92 Å². The molecule has 0 saturated carbocycles. The zero-order valence-electron chi connectivity index (χ0n) is 13.1. The summed E-state index contributed by atoms with van der Waals surface area (Å²) in [6, 6.07) is 17.9. The van der Waals surface area contributed by atoms with Crippen molar-refractivity contribution in [3.63, 3.8) is 0 Å². The third kappa shape index (κ3) is 3.56. The van der Waals surface area contributed by atoms with E-state index < -0.39 is 0 Å². The molecule has 1 amide bonds. The molecule has 1 saturated heterocycles. The predicted octanol–water partition coefficient (Wildman–Crippen LogP) is 5.11. The van der Waals surface area contributed by atoms with Gasteiger partial charge in [0, 0.05) is 17.3 Å². The van der Waals surface area contributed by atoms with Crippen molar-refractivity contribution < 1.29 is 4.79 Å². The number of nitrogens with zero attached hydrogens (tertiary/aromatic N) is 1. The third-order valence-electron chi connectivity index (χ3n) is 4.24. The molecule has 0 spiro atoms. The lowest BCUT2D eigenvalue weighted by molar-refractivity contribution is -0.133. The number of rotatable bonds is 4. The molecule has 2 atom stereocenters. The molecule has 2 unspecified atom stereocenters. The summed E-state index contributed by atoms with van der Waals surface area (Å²) >= 11 is 7.81. The average Bonchev–Trinajstić information content (AvgIpc) is 3.07. The van der Waals surface area contributed by atoms with E-state index in [0.29, 0.717) is 0 Å². The second-order valence-electron chi connectivity index (χ2n) is 5.68. The molecule has 0 aromatic heterocycles. The third-order valence-corrected chi connectivity index (χ3v) is 5.75. The van der Waals surface area contributed by atoms with E-state index in [9.17, 15) is 4.79 Å². The first-order chi connectivity index (χ1) is 11.2. The van der Waals surface area contributed by atoms with Crippen LogP contribution in [0, 0.1) is 0 Å². The van der Waals surface area contributed by atoms with Gasteiger partial charge in [-0.1, -0.05) is 61.0 Å². The minimum absolute atomic E-state index is 0.0651. The topological polar surface area (TPSA) is 20.3 Å². The first-order valence-electron chi connectivity index (χ1n) is 7.93. The van der Waals surface area contributed by atoms with Crippen molar-refractivity contribution in [1.82, 2.24) is 4.90 Å². The van der Waals surface area contributed by atoms with Crippen LogP contribution in [0.1, 0.15) is 35.8 Å². The van der Waals surface area contributed by atoms with Gasteiger partial charge in [-0.2, -0.15) is 0 Å². The molecule has 0 N–H and O–H groups in total. The molecule has 3 rings (SSSR count). The van der Waals surface area contributed by atoms with E-state index in [1.807, 2.05) is 71.3 Å². The Morgan fingerprint density at radius 2 is 1.91 bits per heavy atom. The monoisotopic (exact) mass is 345 g/mol. The molecule has 1 fully saturated rings. The molecular formula is C19H20ClNOS. The summed E-state index contributed by atoms with van der Waals surface area (Å²) in [4.78, 5) is 15.1. The van der Waals surface area contributed by atoms with Crippen LogP contribution in [0.5, 0.6) is 0 Å². The number of benzene rings is 2. The van der Waals surface area contributed by atoms with Crippen LogP contribution in [-0.4, -0.2) is 23.1 Å². The van der Waals surface area contributed by atoms with Crippen molar-refractivity contribution in [2.45, 2.75) is 24.6 Å². The van der Waals surface area contributed by atoms with Gasteiger partial charge in [0.25, 0.3) is 0 Å². The zero-order valence-corrected chi connectivity index (χ0v) is 14.7. The smallest absolute Gasteiger partial charge is 0.231 e. The lowest BCUT2D eigenvalue weighted by atomic mass is 9.95. The number of thioether (sulfide) groups is 1. The molecule has 2 nitrogen and oxygen atoms in total. The highest BCUT2D eigenvalue weighted by molar-refractivity contribution is 7.99. The Kier molecular flexibility index (Phi) is 5.29. The Bertz CT molecular complexity index is 659. The fourth-order valence-corrected chi connectivity index (χ4v) is 4.43. The normalized spacial score (nSPS) is 18.9. The van der Waals surface area contributed by atoms with E-state index in [1.165, 1.54) is 0 Å². The average molecular weight is 346 g/mol. The fraction of sp³-hybridized carbons (Fsp3) is 0.316. The minimum Gasteiger partial charge on any atom is -0.325 e. The van der Waals surface area contributed by atoms with Gasteiger partial charge < -0.3 is 4.90 Å². The van der Waals surface area contributed by atoms with Crippen molar-refractivity contribution >= 4 is 29.3 Å². The number of carbonyl (C=O) groups excluding carboxylic acids is 1. The Labute approximate surface area is 146 Å². The highest BCUT2D eigenvalue weighted by atomic mass is 35.5. The summed E-state index contributed by atoms with van der Waals surface area (Å²) in [5.41, 5.74) is 2.25. The number of carbonyl (C=O) groups is 1. The predicted molar refractivity (Wildman–Crippen MR) is 97.8 cm³/mol. The number of hydrogen-bond acceptors (Lipinski definition) is 2. The number of hydrogen-bond donors (Lipinski definition) is 0. The summed E-state index contributed by atoms with van der Waals surface area (Å²) in [7, 11) is 0. The van der Waals surface area contributed by atoms with E-state index in [-0.39, 0.29) is 17.2 Å². The Hall–Kier alpha value is -1.45. The van der Waals surface area contributed by atoms with Crippen LogP contribution in [-0.2, 0) is 4.79 Å². The van der Waals surface area contributed by atoms with Crippen molar-refractivity contribution in [3.05, 3.63) is 70.7 Å². The largest absolute Gasteiger partial charge is 0.325 e. The first kappa shape index (κ1) is 16.4. The number of halogens is 1. The van der Waals surface area contributed by atoms with Crippen molar-refractivity contribution in [1.29, 1.82) is 0 Å². The molecule has 2 aromatic carbocycles. The summed E-state index contributed by atoms with van der Waals surface area (Å²) in [6.45, 7) is 2.89. The molecule has 4 heteroatoms. The van der Waals surface area contributed by atoms with Crippen LogP contribution in [0.4, 0.5) is 0 Å². The highest BCUT2D eigenvalue weighted by Gasteiger charge is 2.34. The summed E-state index contributed by atoms with van der Waals surface area (Å²) in [6.07, 6.45) is 0.817. The molecular weight excluding hydrogens is 326 g/mol. The summed E-state index contributed by atoms with van der Waals surface area (Å²) in [5.74, 6) is 1.14. The lowest BCUT2D eigenvalue weighted by Crippen LogP contribution is -2.34. The highest BCUT2D eigenvalue weighted by Crippen LogP contribution is 2.40. The van der Waals surface area contributed by atoms with Gasteiger partial charge >= 0.3 is 0 Å². The molecule has 23 heavy (non-hydrogen) atoms. The van der Waals surface area contributed by atoms with E-state index in [4.69, 9.17) is 11.6 Å². The van der Waals surface area contributed by atoms with Gasteiger partial charge in [-0.25, -0.2) is 0 Å². The van der Waals surface area contributed by atoms with E-state index >= 15 is 0 Å². The Morgan fingerprint density at radius 3 is 2.57 bits per heavy atom. The molecule has 120 valence electrons.